The van der Waals surface area contributed by atoms with Crippen molar-refractivity contribution in [3.63, 3.8) is 0 Å². The molecule has 0 saturated carbocycles. The predicted molar refractivity (Wildman–Crippen MR) is 73.8 cm³/mol. The molecule has 0 aliphatic carbocycles. The van der Waals surface area contributed by atoms with Crippen LogP contribution >= 0.6 is 0 Å². The van der Waals surface area contributed by atoms with Crippen molar-refractivity contribution in [1.29, 1.82) is 0 Å². The molecule has 19 heavy (non-hydrogen) atoms. The minimum Gasteiger partial charge on any atom is -0.485 e. The highest BCUT2D eigenvalue weighted by Crippen LogP contribution is 2.22. The lowest BCUT2D eigenvalue weighted by atomic mass is 10.1. The quantitative estimate of drug-likeness (QED) is 0.895. The molecule has 0 aliphatic heterocycles. The lowest BCUT2D eigenvalue weighted by Crippen LogP contribution is -2.08. The minimum absolute atomic E-state index is 0.0379. The molecule has 1 heterocycles. The molecule has 1 aromatic carbocycles. The summed E-state index contributed by atoms with van der Waals surface area (Å²) in [6.45, 7) is 7.24. The normalized spacial score (nSPS) is 12.4. The highest BCUT2D eigenvalue weighted by atomic mass is 16.5. The average molecular weight is 260 g/mol. The fourth-order valence-electron chi connectivity index (χ4n) is 1.92. The Kier molecular flexibility index (Phi) is 4.16. The van der Waals surface area contributed by atoms with Gasteiger partial charge in [0.2, 0.25) is 0 Å². The number of benzene rings is 1. The zero-order chi connectivity index (χ0) is 13.8. The summed E-state index contributed by atoms with van der Waals surface area (Å²) in [5.41, 5.74) is 8.05. The highest BCUT2D eigenvalue weighted by molar-refractivity contribution is 5.37. The van der Waals surface area contributed by atoms with Crippen LogP contribution < -0.4 is 10.5 Å². The van der Waals surface area contributed by atoms with Crippen LogP contribution in [0.15, 0.2) is 24.5 Å². The topological polar surface area (TPSA) is 66.0 Å². The molecule has 0 radical (unpaired) electrons. The second-order valence-corrected chi connectivity index (χ2v) is 4.59. The number of rotatable bonds is 5. The molecule has 102 valence electrons. The van der Waals surface area contributed by atoms with Gasteiger partial charge in [-0.1, -0.05) is 12.1 Å². The van der Waals surface area contributed by atoms with Gasteiger partial charge in [-0.15, -0.1) is 0 Å². The van der Waals surface area contributed by atoms with E-state index in [1.807, 2.05) is 37.6 Å². The third kappa shape index (κ3) is 3.12. The Balaban J connectivity index is 2.08. The zero-order valence-corrected chi connectivity index (χ0v) is 11.6. The van der Waals surface area contributed by atoms with Crippen molar-refractivity contribution in [2.45, 2.75) is 40.0 Å². The molecular weight excluding hydrogens is 240 g/mol. The smallest absolute Gasteiger partial charge is 0.164 e. The van der Waals surface area contributed by atoms with Gasteiger partial charge in [0, 0.05) is 12.6 Å². The monoisotopic (exact) mass is 260 g/mol. The number of ether oxygens (including phenoxy) is 1. The Morgan fingerprint density at radius 1 is 1.42 bits per heavy atom. The van der Waals surface area contributed by atoms with Gasteiger partial charge >= 0.3 is 0 Å². The molecule has 2 rings (SSSR count). The fourth-order valence-corrected chi connectivity index (χ4v) is 1.92. The molecule has 0 fully saturated rings. The molecule has 0 amide bonds. The third-order valence-corrected chi connectivity index (χ3v) is 3.08. The molecule has 2 N–H and O–H groups in total. The van der Waals surface area contributed by atoms with Crippen LogP contribution in [0.2, 0.25) is 0 Å². The van der Waals surface area contributed by atoms with E-state index in [-0.39, 0.29) is 6.04 Å². The number of hydrogen-bond acceptors (Lipinski definition) is 4. The molecular formula is C14H20N4O. The van der Waals surface area contributed by atoms with E-state index >= 15 is 0 Å². The van der Waals surface area contributed by atoms with Gasteiger partial charge < -0.3 is 10.5 Å². The lowest BCUT2D eigenvalue weighted by molar-refractivity contribution is 0.285. The van der Waals surface area contributed by atoms with Crippen LogP contribution in [0.25, 0.3) is 0 Å². The molecule has 5 nitrogen and oxygen atoms in total. The van der Waals surface area contributed by atoms with E-state index < -0.39 is 0 Å². The first-order valence-corrected chi connectivity index (χ1v) is 6.47. The molecule has 1 atom stereocenters. The summed E-state index contributed by atoms with van der Waals surface area (Å²) >= 11 is 0. The summed E-state index contributed by atoms with van der Waals surface area (Å²) in [6, 6.07) is 6.05. The summed E-state index contributed by atoms with van der Waals surface area (Å²) in [7, 11) is 0. The third-order valence-electron chi connectivity index (χ3n) is 3.08. The summed E-state index contributed by atoms with van der Waals surface area (Å²) in [6.07, 6.45) is 1.55. The summed E-state index contributed by atoms with van der Waals surface area (Å²) in [5, 5.41) is 4.12. The maximum Gasteiger partial charge on any atom is 0.164 e. The molecule has 1 aromatic heterocycles. The van der Waals surface area contributed by atoms with Crippen LogP contribution in [0.3, 0.4) is 0 Å². The minimum atomic E-state index is 0.0379. The van der Waals surface area contributed by atoms with E-state index in [2.05, 4.69) is 16.1 Å². The van der Waals surface area contributed by atoms with Crippen molar-refractivity contribution in [1.82, 2.24) is 14.8 Å². The summed E-state index contributed by atoms with van der Waals surface area (Å²) in [4.78, 5) is 4.18. The first-order chi connectivity index (χ1) is 9.11. The maximum atomic E-state index is 5.86. The maximum absolute atomic E-state index is 5.86. The molecule has 0 spiro atoms. The van der Waals surface area contributed by atoms with E-state index in [1.54, 1.807) is 6.33 Å². The van der Waals surface area contributed by atoms with Crippen molar-refractivity contribution in [2.24, 2.45) is 5.73 Å². The van der Waals surface area contributed by atoms with Gasteiger partial charge in [-0.05, 0) is 38.0 Å². The van der Waals surface area contributed by atoms with Crippen LogP contribution in [-0.2, 0) is 13.2 Å². The molecule has 5 heteroatoms. The van der Waals surface area contributed by atoms with Gasteiger partial charge in [0.25, 0.3) is 0 Å². The first-order valence-electron chi connectivity index (χ1n) is 6.47. The number of nitrogens with two attached hydrogens (primary N) is 1. The van der Waals surface area contributed by atoms with E-state index in [1.165, 1.54) is 0 Å². The van der Waals surface area contributed by atoms with E-state index in [0.717, 1.165) is 29.2 Å². The van der Waals surface area contributed by atoms with E-state index in [9.17, 15) is 0 Å². The van der Waals surface area contributed by atoms with Gasteiger partial charge in [-0.2, -0.15) is 5.10 Å². The van der Waals surface area contributed by atoms with Crippen LogP contribution in [0.4, 0.5) is 0 Å². The van der Waals surface area contributed by atoms with Crippen molar-refractivity contribution in [3.05, 3.63) is 41.5 Å². The summed E-state index contributed by atoms with van der Waals surface area (Å²) in [5.74, 6) is 1.69. The number of aromatic nitrogens is 3. The van der Waals surface area contributed by atoms with Crippen molar-refractivity contribution in [2.75, 3.05) is 0 Å². The Hall–Kier alpha value is -1.88. The van der Waals surface area contributed by atoms with Gasteiger partial charge in [-0.3, -0.25) is 0 Å². The molecule has 0 unspecified atom stereocenters. The van der Waals surface area contributed by atoms with Crippen LogP contribution in [0.1, 0.15) is 36.8 Å². The van der Waals surface area contributed by atoms with Gasteiger partial charge in [-0.25, -0.2) is 9.67 Å². The van der Waals surface area contributed by atoms with Gasteiger partial charge in [0.15, 0.2) is 5.82 Å². The first kappa shape index (κ1) is 13.5. The van der Waals surface area contributed by atoms with Crippen molar-refractivity contribution >= 4 is 0 Å². The second-order valence-electron chi connectivity index (χ2n) is 4.59. The Bertz CT molecular complexity index is 548. The lowest BCUT2D eigenvalue weighted by Gasteiger charge is -2.12. The Morgan fingerprint density at radius 3 is 2.84 bits per heavy atom. The van der Waals surface area contributed by atoms with Crippen molar-refractivity contribution in [3.8, 4) is 5.75 Å². The zero-order valence-electron chi connectivity index (χ0n) is 11.6. The largest absolute Gasteiger partial charge is 0.485 e. The van der Waals surface area contributed by atoms with Crippen LogP contribution in [0, 0.1) is 6.92 Å². The van der Waals surface area contributed by atoms with Gasteiger partial charge in [0.1, 0.15) is 18.7 Å². The van der Waals surface area contributed by atoms with Crippen molar-refractivity contribution < 1.29 is 4.74 Å². The number of hydrogen-bond donors (Lipinski definition) is 1. The second kappa shape index (κ2) is 5.84. The van der Waals surface area contributed by atoms with E-state index in [0.29, 0.717) is 6.61 Å². The molecule has 0 bridgehead atoms. The number of aryl methyl sites for hydroxylation is 2. The molecule has 2 aromatic rings. The molecule has 0 saturated heterocycles. The standard InChI is InChI=1S/C14H20N4O/c1-4-18-14(16-9-17-18)8-19-13-6-5-12(11(3)15)7-10(13)2/h5-7,9,11H,4,8,15H2,1-3H3/t11-/m1/s1. The SMILES string of the molecule is CCn1ncnc1COc1ccc([C@@H](C)N)cc1C. The Labute approximate surface area is 113 Å². The van der Waals surface area contributed by atoms with E-state index in [4.69, 9.17) is 10.5 Å². The Morgan fingerprint density at radius 2 is 2.21 bits per heavy atom. The predicted octanol–water partition coefficient (Wildman–Crippen LogP) is 2.21. The van der Waals surface area contributed by atoms with Crippen LogP contribution in [-0.4, -0.2) is 14.8 Å². The average Bonchev–Trinajstić information content (AvgIpc) is 2.84. The fraction of sp³-hybridized carbons (Fsp3) is 0.429. The molecule has 0 aliphatic rings. The number of nitrogens with zero attached hydrogens (tertiary/aromatic N) is 3. The van der Waals surface area contributed by atoms with Gasteiger partial charge in [0.05, 0.1) is 0 Å². The van der Waals surface area contributed by atoms with Crippen LogP contribution in [0.5, 0.6) is 5.75 Å². The summed E-state index contributed by atoms with van der Waals surface area (Å²) < 4.78 is 7.62. The highest BCUT2D eigenvalue weighted by Gasteiger charge is 2.07.